The molecule has 2 saturated carbocycles. The van der Waals surface area contributed by atoms with E-state index in [2.05, 4.69) is 25.8 Å². The van der Waals surface area contributed by atoms with Gasteiger partial charge in [0, 0.05) is 31.7 Å². The molecule has 2 heterocycles. The van der Waals surface area contributed by atoms with E-state index in [1.807, 2.05) is 6.19 Å². The van der Waals surface area contributed by atoms with E-state index in [4.69, 9.17) is 10.00 Å². The Hall–Kier alpha value is -1.41. The summed E-state index contributed by atoms with van der Waals surface area (Å²) in [6.45, 7) is 6.15. The van der Waals surface area contributed by atoms with Gasteiger partial charge in [-0.05, 0) is 83.2 Å². The maximum atomic E-state index is 13.4. The second-order valence-corrected chi connectivity index (χ2v) is 12.9. The number of rotatable bonds is 6. The molecule has 4 aliphatic rings. The Morgan fingerprint density at radius 1 is 0.971 bits per heavy atom. The van der Waals surface area contributed by atoms with Crippen molar-refractivity contribution in [3.05, 3.63) is 0 Å². The lowest BCUT2D eigenvalue weighted by Gasteiger charge is -2.39. The van der Waals surface area contributed by atoms with Crippen LogP contribution in [0.1, 0.15) is 64.2 Å². The van der Waals surface area contributed by atoms with Crippen LogP contribution in [0.3, 0.4) is 0 Å². The van der Waals surface area contributed by atoms with Gasteiger partial charge in [-0.25, -0.2) is 8.42 Å². The number of ether oxygens (including phenoxy) is 1. The number of guanidine groups is 1. The van der Waals surface area contributed by atoms with E-state index in [1.165, 1.54) is 0 Å². The molecule has 192 valence electrons. The third kappa shape index (κ3) is 6.84. The van der Waals surface area contributed by atoms with Crippen LogP contribution in [0.5, 0.6) is 0 Å². The Morgan fingerprint density at radius 3 is 2.21 bits per heavy atom. The van der Waals surface area contributed by atoms with Gasteiger partial charge in [0.25, 0.3) is 0 Å². The predicted molar refractivity (Wildman–Crippen MR) is 133 cm³/mol. The molecule has 2 aliphatic heterocycles. The zero-order chi connectivity index (χ0) is 23.8. The zero-order valence-electron chi connectivity index (χ0n) is 20.4. The lowest BCUT2D eigenvalue weighted by Crippen LogP contribution is -2.47. The average molecular weight is 495 g/mol. The van der Waals surface area contributed by atoms with Crippen molar-refractivity contribution in [3.63, 3.8) is 0 Å². The normalized spacial score (nSPS) is 32.6. The predicted octanol–water partition coefficient (Wildman–Crippen LogP) is 1.37. The van der Waals surface area contributed by atoms with Gasteiger partial charge in [-0.3, -0.25) is 15.2 Å². The van der Waals surface area contributed by atoms with Crippen molar-refractivity contribution >= 4 is 15.8 Å². The fourth-order valence-electron chi connectivity index (χ4n) is 6.15. The van der Waals surface area contributed by atoms with Gasteiger partial charge in [0.05, 0.1) is 23.7 Å². The molecular formula is C24H42N6O3S. The van der Waals surface area contributed by atoms with Crippen molar-refractivity contribution in [1.82, 2.24) is 20.9 Å². The maximum Gasteiger partial charge on any atom is 0.204 e. The molecule has 0 aromatic heterocycles. The largest absolute Gasteiger partial charge is 0.379 e. The van der Waals surface area contributed by atoms with E-state index in [0.717, 1.165) is 104 Å². The fraction of sp³-hybridized carbons (Fsp3) is 0.917. The quantitative estimate of drug-likeness (QED) is 0.219. The molecule has 9 nitrogen and oxygen atoms in total. The van der Waals surface area contributed by atoms with E-state index in [9.17, 15) is 8.42 Å². The van der Waals surface area contributed by atoms with E-state index in [0.29, 0.717) is 30.5 Å². The number of nitrogens with one attached hydrogen (secondary N) is 3. The van der Waals surface area contributed by atoms with Gasteiger partial charge >= 0.3 is 0 Å². The third-order valence-electron chi connectivity index (χ3n) is 8.29. The summed E-state index contributed by atoms with van der Waals surface area (Å²) in [5.41, 5.74) is 0. The van der Waals surface area contributed by atoms with Crippen LogP contribution in [0.25, 0.3) is 0 Å². The minimum atomic E-state index is -3.07. The first-order valence-electron chi connectivity index (χ1n) is 13.3. The average Bonchev–Trinajstić information content (AvgIpc) is 2.89. The summed E-state index contributed by atoms with van der Waals surface area (Å²) in [6.07, 6.45) is 10.9. The van der Waals surface area contributed by atoms with Crippen LogP contribution in [-0.2, 0) is 14.6 Å². The van der Waals surface area contributed by atoms with Crippen molar-refractivity contribution in [2.24, 2.45) is 10.9 Å². The first kappa shape index (κ1) is 25.7. The summed E-state index contributed by atoms with van der Waals surface area (Å²) < 4.78 is 32.2. The molecule has 4 rings (SSSR count). The Kier molecular flexibility index (Phi) is 9.46. The molecule has 3 N–H and O–H groups in total. The number of hydrogen-bond acceptors (Lipinski definition) is 7. The molecule has 10 heteroatoms. The SMILES string of the molecule is N#CNC(=NCC1CCC(S(=O)(=O)C2CCC(N3CCOCC3)CC2)CC1)NC1CCNCC1. The number of piperidine rings is 1. The number of nitrogens with zero attached hydrogens (tertiary/aromatic N) is 3. The van der Waals surface area contributed by atoms with Gasteiger partial charge in [-0.1, -0.05) is 0 Å². The van der Waals surface area contributed by atoms with E-state index in [1.54, 1.807) is 0 Å². The number of aliphatic imine (C=N–C) groups is 1. The molecule has 0 aromatic rings. The molecule has 4 fully saturated rings. The summed E-state index contributed by atoms with van der Waals surface area (Å²) in [7, 11) is -3.07. The van der Waals surface area contributed by atoms with E-state index < -0.39 is 9.84 Å². The Labute approximate surface area is 205 Å². The standard InChI is InChI=1S/C24H42N6O3S/c25-18-28-24(29-20-9-11-26-12-10-20)27-17-19-1-5-22(6-2-19)34(31,32)23-7-3-21(4-8-23)30-13-15-33-16-14-30/h19-23,26H,1-17H2,(H2,27,28,29). The molecule has 0 atom stereocenters. The van der Waals surface area contributed by atoms with Crippen LogP contribution < -0.4 is 16.0 Å². The van der Waals surface area contributed by atoms with E-state index >= 15 is 0 Å². The van der Waals surface area contributed by atoms with Crippen molar-refractivity contribution in [2.45, 2.75) is 86.8 Å². The van der Waals surface area contributed by atoms with Crippen LogP contribution in [0.4, 0.5) is 0 Å². The van der Waals surface area contributed by atoms with Gasteiger partial charge in [0.15, 0.2) is 16.0 Å². The third-order valence-corrected chi connectivity index (χ3v) is 11.1. The Balaban J connectivity index is 1.22. The molecule has 0 spiro atoms. The summed E-state index contributed by atoms with van der Waals surface area (Å²) >= 11 is 0. The highest BCUT2D eigenvalue weighted by molar-refractivity contribution is 7.92. The van der Waals surface area contributed by atoms with Crippen LogP contribution in [0.2, 0.25) is 0 Å². The maximum absolute atomic E-state index is 13.4. The topological polar surface area (TPSA) is 119 Å². The molecule has 0 bridgehead atoms. The van der Waals surface area contributed by atoms with Crippen molar-refractivity contribution in [3.8, 4) is 6.19 Å². The minimum Gasteiger partial charge on any atom is -0.379 e. The molecular weight excluding hydrogens is 452 g/mol. The minimum absolute atomic E-state index is 0.162. The Morgan fingerprint density at radius 2 is 1.59 bits per heavy atom. The second-order valence-electron chi connectivity index (χ2n) is 10.4. The highest BCUT2D eigenvalue weighted by Gasteiger charge is 2.39. The van der Waals surface area contributed by atoms with Gasteiger partial charge in [-0.15, -0.1) is 0 Å². The Bertz CT molecular complexity index is 801. The lowest BCUT2D eigenvalue weighted by atomic mass is 9.89. The van der Waals surface area contributed by atoms with Crippen LogP contribution >= 0.6 is 0 Å². The van der Waals surface area contributed by atoms with Crippen molar-refractivity contribution in [1.29, 1.82) is 5.26 Å². The molecule has 0 unspecified atom stereocenters. The number of morpholine rings is 1. The summed E-state index contributed by atoms with van der Waals surface area (Å²) in [6, 6.07) is 0.860. The molecule has 2 aliphatic carbocycles. The number of sulfone groups is 1. The van der Waals surface area contributed by atoms with Crippen molar-refractivity contribution < 1.29 is 13.2 Å². The molecule has 0 aromatic carbocycles. The van der Waals surface area contributed by atoms with Crippen molar-refractivity contribution in [2.75, 3.05) is 45.9 Å². The highest BCUT2D eigenvalue weighted by atomic mass is 32.2. The summed E-state index contributed by atoms with van der Waals surface area (Å²) in [5.74, 6) is 0.940. The van der Waals surface area contributed by atoms with Crippen LogP contribution in [0, 0.1) is 17.4 Å². The first-order chi connectivity index (χ1) is 16.6. The van der Waals surface area contributed by atoms with Gasteiger partial charge in [0.2, 0.25) is 5.96 Å². The smallest absolute Gasteiger partial charge is 0.204 e. The molecule has 34 heavy (non-hydrogen) atoms. The fourth-order valence-corrected chi connectivity index (χ4v) is 8.55. The lowest BCUT2D eigenvalue weighted by molar-refractivity contribution is 0.00876. The van der Waals surface area contributed by atoms with Crippen LogP contribution in [0.15, 0.2) is 4.99 Å². The van der Waals surface area contributed by atoms with Gasteiger partial charge in [-0.2, -0.15) is 5.26 Å². The zero-order valence-corrected chi connectivity index (χ0v) is 21.2. The van der Waals surface area contributed by atoms with Gasteiger partial charge < -0.3 is 15.4 Å². The summed E-state index contributed by atoms with van der Waals surface area (Å²) in [4.78, 5) is 7.14. The number of hydrogen-bond donors (Lipinski definition) is 3. The highest BCUT2D eigenvalue weighted by Crippen LogP contribution is 2.35. The van der Waals surface area contributed by atoms with Gasteiger partial charge in [0.1, 0.15) is 0 Å². The first-order valence-corrected chi connectivity index (χ1v) is 14.9. The molecule has 0 radical (unpaired) electrons. The van der Waals surface area contributed by atoms with Crippen LogP contribution in [-0.4, -0.2) is 87.8 Å². The molecule has 0 amide bonds. The second kappa shape index (κ2) is 12.5. The van der Waals surface area contributed by atoms with E-state index in [-0.39, 0.29) is 10.5 Å². The summed E-state index contributed by atoms with van der Waals surface area (Å²) in [5, 5.41) is 18.1. The monoisotopic (exact) mass is 494 g/mol. The molecule has 2 saturated heterocycles. The number of nitriles is 1.